The highest BCUT2D eigenvalue weighted by atomic mass is 19.1. The van der Waals surface area contributed by atoms with Crippen molar-refractivity contribution in [1.29, 1.82) is 0 Å². The van der Waals surface area contributed by atoms with Crippen molar-refractivity contribution in [2.75, 3.05) is 13.1 Å². The van der Waals surface area contributed by atoms with Crippen LogP contribution in [0.15, 0.2) is 47.3 Å². The normalized spacial score (nSPS) is 14.0. The van der Waals surface area contributed by atoms with E-state index in [-0.39, 0.29) is 11.7 Å². The third-order valence-corrected chi connectivity index (χ3v) is 4.78. The Morgan fingerprint density at radius 1 is 1.12 bits per heavy atom. The minimum Gasteiger partial charge on any atom is -0.469 e. The lowest BCUT2D eigenvalue weighted by Gasteiger charge is -2.19. The Kier molecular flexibility index (Phi) is 4.24. The number of aromatic nitrogens is 2. The van der Waals surface area contributed by atoms with Gasteiger partial charge in [-0.25, -0.2) is 14.4 Å². The number of amides is 1. The maximum Gasteiger partial charge on any atom is 0.257 e. The largest absolute Gasteiger partial charge is 0.469 e. The van der Waals surface area contributed by atoms with Gasteiger partial charge in [0, 0.05) is 36.3 Å². The smallest absolute Gasteiger partial charge is 0.257 e. The van der Waals surface area contributed by atoms with Crippen molar-refractivity contribution >= 4 is 5.91 Å². The van der Waals surface area contributed by atoms with Gasteiger partial charge >= 0.3 is 0 Å². The second-order valence-electron chi connectivity index (χ2n) is 6.34. The van der Waals surface area contributed by atoms with Crippen molar-refractivity contribution in [2.24, 2.45) is 0 Å². The van der Waals surface area contributed by atoms with Gasteiger partial charge in [0.1, 0.15) is 17.9 Å². The van der Waals surface area contributed by atoms with Gasteiger partial charge in [0.15, 0.2) is 0 Å². The molecule has 0 radical (unpaired) electrons. The fraction of sp³-hybridized carbons (Fsp3) is 0.250. The summed E-state index contributed by atoms with van der Waals surface area (Å²) in [5, 5.41) is 0. The topological polar surface area (TPSA) is 59.2 Å². The zero-order valence-corrected chi connectivity index (χ0v) is 14.4. The number of carbonyl (C=O) groups excluding carboxylic acids is 1. The molecule has 0 saturated carbocycles. The number of hydrogen-bond acceptors (Lipinski definition) is 4. The zero-order chi connectivity index (χ0) is 18.1. The van der Waals surface area contributed by atoms with Gasteiger partial charge in [-0.05, 0) is 43.7 Å². The van der Waals surface area contributed by atoms with E-state index in [1.54, 1.807) is 25.1 Å². The summed E-state index contributed by atoms with van der Waals surface area (Å²) >= 11 is 0. The Morgan fingerprint density at radius 2 is 1.88 bits per heavy atom. The number of hydrogen-bond donors (Lipinski definition) is 0. The van der Waals surface area contributed by atoms with E-state index in [1.165, 1.54) is 24.7 Å². The highest BCUT2D eigenvalue weighted by Crippen LogP contribution is 2.26. The average molecular weight is 351 g/mol. The molecule has 1 aliphatic heterocycles. The van der Waals surface area contributed by atoms with E-state index >= 15 is 0 Å². The van der Waals surface area contributed by atoms with Crippen LogP contribution < -0.4 is 0 Å². The van der Waals surface area contributed by atoms with Crippen LogP contribution in [0.1, 0.15) is 27.4 Å². The van der Waals surface area contributed by atoms with E-state index in [0.29, 0.717) is 37.3 Å². The van der Waals surface area contributed by atoms with Gasteiger partial charge in [-0.1, -0.05) is 0 Å². The first-order valence-corrected chi connectivity index (χ1v) is 8.55. The van der Waals surface area contributed by atoms with Crippen LogP contribution in [-0.4, -0.2) is 33.9 Å². The number of carbonyl (C=O) groups is 1. The molecule has 0 fully saturated rings. The van der Waals surface area contributed by atoms with Crippen LogP contribution in [0, 0.1) is 12.7 Å². The quantitative estimate of drug-likeness (QED) is 0.710. The predicted octanol–water partition coefficient (Wildman–Crippen LogP) is 3.43. The van der Waals surface area contributed by atoms with E-state index in [4.69, 9.17) is 4.42 Å². The molecule has 0 atom stereocenters. The van der Waals surface area contributed by atoms with E-state index < -0.39 is 0 Å². The summed E-state index contributed by atoms with van der Waals surface area (Å²) in [6.07, 6.45) is 4.39. The second-order valence-corrected chi connectivity index (χ2v) is 6.34. The zero-order valence-electron chi connectivity index (χ0n) is 14.4. The Morgan fingerprint density at radius 3 is 2.62 bits per heavy atom. The fourth-order valence-corrected chi connectivity index (χ4v) is 3.36. The molecule has 0 aliphatic carbocycles. The molecule has 2 aromatic heterocycles. The SMILES string of the molecule is Cc1occc1C(=O)N1CCc2ncnc(-c3ccc(F)cc3)c2CC1. The van der Waals surface area contributed by atoms with Gasteiger partial charge in [-0.15, -0.1) is 0 Å². The summed E-state index contributed by atoms with van der Waals surface area (Å²) in [4.78, 5) is 23.4. The van der Waals surface area contributed by atoms with E-state index in [9.17, 15) is 9.18 Å². The molecule has 0 N–H and O–H groups in total. The Labute approximate surface area is 150 Å². The molecule has 1 aromatic carbocycles. The number of halogens is 1. The minimum atomic E-state index is -0.277. The van der Waals surface area contributed by atoms with E-state index in [1.807, 2.05) is 4.90 Å². The summed E-state index contributed by atoms with van der Waals surface area (Å²) in [6.45, 7) is 2.96. The molecular weight excluding hydrogens is 333 g/mol. The standard InChI is InChI=1S/C20H18FN3O2/c1-13-16(8-11-26-13)20(25)24-9-6-17-18(7-10-24)22-12-23-19(17)14-2-4-15(21)5-3-14/h2-5,8,11-12H,6-7,9-10H2,1H3. The molecule has 3 aromatic rings. The molecule has 0 unspecified atom stereocenters. The maximum atomic E-state index is 13.2. The average Bonchev–Trinajstić information content (AvgIpc) is 2.96. The number of fused-ring (bicyclic) bond motifs is 1. The minimum absolute atomic E-state index is 0.0275. The Balaban J connectivity index is 1.62. The Bertz CT molecular complexity index is 950. The van der Waals surface area contributed by atoms with Gasteiger partial charge in [0.25, 0.3) is 5.91 Å². The molecule has 5 nitrogen and oxygen atoms in total. The van der Waals surface area contributed by atoms with Crippen molar-refractivity contribution in [2.45, 2.75) is 19.8 Å². The molecule has 4 rings (SSSR count). The van der Waals surface area contributed by atoms with Crippen LogP contribution >= 0.6 is 0 Å². The summed E-state index contributed by atoms with van der Waals surface area (Å²) in [7, 11) is 0. The third kappa shape index (κ3) is 2.98. The first-order chi connectivity index (χ1) is 12.6. The maximum absolute atomic E-state index is 13.2. The second kappa shape index (κ2) is 6.71. The number of nitrogens with zero attached hydrogens (tertiary/aromatic N) is 3. The van der Waals surface area contributed by atoms with Gasteiger partial charge in [-0.3, -0.25) is 4.79 Å². The highest BCUT2D eigenvalue weighted by Gasteiger charge is 2.24. The fourth-order valence-electron chi connectivity index (χ4n) is 3.36. The number of aryl methyl sites for hydroxylation is 1. The van der Waals surface area contributed by atoms with Crippen molar-refractivity contribution in [3.05, 3.63) is 71.3 Å². The lowest BCUT2D eigenvalue weighted by molar-refractivity contribution is 0.0761. The van der Waals surface area contributed by atoms with Crippen LogP contribution in [0.3, 0.4) is 0 Å². The third-order valence-electron chi connectivity index (χ3n) is 4.78. The van der Waals surface area contributed by atoms with Crippen molar-refractivity contribution in [1.82, 2.24) is 14.9 Å². The molecule has 0 saturated heterocycles. The van der Waals surface area contributed by atoms with Gasteiger partial charge in [0.2, 0.25) is 0 Å². The van der Waals surface area contributed by atoms with Crippen LogP contribution in [0.2, 0.25) is 0 Å². The van der Waals surface area contributed by atoms with Gasteiger partial charge < -0.3 is 9.32 Å². The summed E-state index contributed by atoms with van der Waals surface area (Å²) in [5.74, 6) is 0.324. The molecule has 6 heteroatoms. The van der Waals surface area contributed by atoms with Gasteiger partial charge in [-0.2, -0.15) is 0 Å². The van der Waals surface area contributed by atoms with Crippen LogP contribution in [-0.2, 0) is 12.8 Å². The molecular formula is C20H18FN3O2. The Hall–Kier alpha value is -3.02. The molecule has 1 amide bonds. The van der Waals surface area contributed by atoms with Crippen molar-refractivity contribution < 1.29 is 13.6 Å². The number of rotatable bonds is 2. The molecule has 3 heterocycles. The molecule has 132 valence electrons. The predicted molar refractivity (Wildman–Crippen MR) is 94.2 cm³/mol. The molecule has 0 spiro atoms. The van der Waals surface area contributed by atoms with Gasteiger partial charge in [0.05, 0.1) is 17.5 Å². The van der Waals surface area contributed by atoms with E-state index in [2.05, 4.69) is 9.97 Å². The highest BCUT2D eigenvalue weighted by molar-refractivity contribution is 5.95. The summed E-state index contributed by atoms with van der Waals surface area (Å²) in [6, 6.07) is 8.01. The number of benzene rings is 1. The van der Waals surface area contributed by atoms with Crippen molar-refractivity contribution in [3.63, 3.8) is 0 Å². The monoisotopic (exact) mass is 351 g/mol. The first kappa shape index (κ1) is 16.4. The van der Waals surface area contributed by atoms with Crippen LogP contribution in [0.5, 0.6) is 0 Å². The summed E-state index contributed by atoms with van der Waals surface area (Å²) in [5.41, 5.74) is 4.23. The van der Waals surface area contributed by atoms with Crippen LogP contribution in [0.25, 0.3) is 11.3 Å². The van der Waals surface area contributed by atoms with Crippen molar-refractivity contribution in [3.8, 4) is 11.3 Å². The van der Waals surface area contributed by atoms with Crippen LogP contribution in [0.4, 0.5) is 4.39 Å². The lowest BCUT2D eigenvalue weighted by Crippen LogP contribution is -2.33. The lowest BCUT2D eigenvalue weighted by atomic mass is 10.0. The molecule has 26 heavy (non-hydrogen) atoms. The summed E-state index contributed by atoms with van der Waals surface area (Å²) < 4.78 is 18.5. The first-order valence-electron chi connectivity index (χ1n) is 8.55. The number of furan rings is 1. The molecule has 1 aliphatic rings. The molecule has 0 bridgehead atoms. The van der Waals surface area contributed by atoms with E-state index in [0.717, 1.165) is 22.5 Å².